The van der Waals surface area contributed by atoms with Crippen molar-refractivity contribution in [1.29, 1.82) is 0 Å². The molecule has 4 aromatic carbocycles. The van der Waals surface area contributed by atoms with Gasteiger partial charge in [0.1, 0.15) is 18.1 Å². The number of nitrogens with zero attached hydrogens (tertiary/aromatic N) is 2. The highest BCUT2D eigenvalue weighted by molar-refractivity contribution is 5.89. The van der Waals surface area contributed by atoms with Gasteiger partial charge in [-0.15, -0.1) is 0 Å². The molecule has 7 nitrogen and oxygen atoms in total. The Morgan fingerprint density at radius 1 is 0.683 bits per heavy atom. The highest BCUT2D eigenvalue weighted by Crippen LogP contribution is 2.27. The van der Waals surface area contributed by atoms with Gasteiger partial charge >= 0.3 is 5.97 Å². The Bertz CT molecular complexity index is 1540. The van der Waals surface area contributed by atoms with Gasteiger partial charge in [0, 0.05) is 32.7 Å². The van der Waals surface area contributed by atoms with E-state index in [9.17, 15) is 9.59 Å². The standard InChI is InChI=1S/C34H38N2O5/c1-23(25-5-7-29-21-31(39-3)11-9-27(29)19-25)33(37)36-15-13-35(14-16-36)17-18-41-34(38)24(2)26-6-8-30-22-32(40-4)12-10-28(30)20-26/h5-12,19-24H,13-18H2,1-4H3. The predicted octanol–water partition coefficient (Wildman–Crippen LogP) is 5.60. The van der Waals surface area contributed by atoms with Crippen molar-refractivity contribution in [3.05, 3.63) is 83.9 Å². The molecule has 0 aliphatic carbocycles. The molecule has 0 bridgehead atoms. The largest absolute Gasteiger partial charge is 0.497 e. The second-order valence-electron chi connectivity index (χ2n) is 10.7. The van der Waals surface area contributed by atoms with E-state index in [4.69, 9.17) is 14.2 Å². The lowest BCUT2D eigenvalue weighted by atomic mass is 9.96. The SMILES string of the molecule is COc1ccc2cc(C(C)C(=O)OCCN3CCN(C(=O)C(C)c4ccc5cc(OC)ccc5c4)CC3)ccc2c1. The van der Waals surface area contributed by atoms with Crippen LogP contribution < -0.4 is 9.47 Å². The Kier molecular flexibility index (Phi) is 8.74. The third-order valence-electron chi connectivity index (χ3n) is 8.20. The number of carbonyl (C=O) groups excluding carboxylic acids is 2. The van der Waals surface area contributed by atoms with E-state index in [1.165, 1.54) is 0 Å². The van der Waals surface area contributed by atoms with Gasteiger partial charge in [-0.05, 0) is 70.8 Å². The summed E-state index contributed by atoms with van der Waals surface area (Å²) in [7, 11) is 3.31. The topological polar surface area (TPSA) is 68.3 Å². The van der Waals surface area contributed by atoms with Gasteiger partial charge in [-0.2, -0.15) is 0 Å². The highest BCUT2D eigenvalue weighted by atomic mass is 16.5. The van der Waals surface area contributed by atoms with E-state index in [2.05, 4.69) is 17.0 Å². The van der Waals surface area contributed by atoms with E-state index in [0.29, 0.717) is 26.2 Å². The average molecular weight is 555 g/mol. The lowest BCUT2D eigenvalue weighted by Crippen LogP contribution is -2.50. The predicted molar refractivity (Wildman–Crippen MR) is 162 cm³/mol. The van der Waals surface area contributed by atoms with Crippen LogP contribution in [0.2, 0.25) is 0 Å². The minimum Gasteiger partial charge on any atom is -0.497 e. The van der Waals surface area contributed by atoms with Gasteiger partial charge in [-0.25, -0.2) is 0 Å². The Morgan fingerprint density at radius 2 is 1.17 bits per heavy atom. The zero-order valence-corrected chi connectivity index (χ0v) is 24.3. The molecular formula is C34H38N2O5. The Labute approximate surface area is 241 Å². The summed E-state index contributed by atoms with van der Waals surface area (Å²) >= 11 is 0. The summed E-state index contributed by atoms with van der Waals surface area (Å²) in [5.74, 6) is 0.982. The number of benzene rings is 4. The van der Waals surface area contributed by atoms with Gasteiger partial charge < -0.3 is 19.1 Å². The van der Waals surface area contributed by atoms with Gasteiger partial charge in [0.2, 0.25) is 5.91 Å². The molecule has 4 aromatic rings. The van der Waals surface area contributed by atoms with Crippen LogP contribution in [0.3, 0.4) is 0 Å². The summed E-state index contributed by atoms with van der Waals surface area (Å²) < 4.78 is 16.3. The number of piperazine rings is 1. The summed E-state index contributed by atoms with van der Waals surface area (Å²) in [5.41, 5.74) is 1.95. The smallest absolute Gasteiger partial charge is 0.313 e. The molecule has 0 N–H and O–H groups in total. The van der Waals surface area contributed by atoms with E-state index in [0.717, 1.165) is 57.3 Å². The summed E-state index contributed by atoms with van der Waals surface area (Å²) in [6, 6.07) is 24.1. The molecule has 0 saturated carbocycles. The molecule has 2 unspecified atom stereocenters. The minimum atomic E-state index is -0.352. The van der Waals surface area contributed by atoms with Crippen LogP contribution in [0.15, 0.2) is 72.8 Å². The summed E-state index contributed by atoms with van der Waals surface area (Å²) in [6.07, 6.45) is 0. The molecule has 5 rings (SSSR count). The molecule has 1 fully saturated rings. The van der Waals surface area contributed by atoms with Crippen LogP contribution in [0.25, 0.3) is 21.5 Å². The molecule has 0 aromatic heterocycles. The maximum absolute atomic E-state index is 13.3. The highest BCUT2D eigenvalue weighted by Gasteiger charge is 2.26. The fourth-order valence-electron chi connectivity index (χ4n) is 5.42. The Balaban J connectivity index is 1.08. The monoisotopic (exact) mass is 554 g/mol. The van der Waals surface area contributed by atoms with Crippen LogP contribution in [-0.2, 0) is 14.3 Å². The first-order valence-electron chi connectivity index (χ1n) is 14.2. The second kappa shape index (κ2) is 12.6. The summed E-state index contributed by atoms with van der Waals surface area (Å²) in [4.78, 5) is 30.2. The number of fused-ring (bicyclic) bond motifs is 2. The molecule has 7 heteroatoms. The fourth-order valence-corrected chi connectivity index (χ4v) is 5.42. The number of hydrogen-bond acceptors (Lipinski definition) is 6. The number of rotatable bonds is 9. The Hall–Kier alpha value is -4.10. The number of ether oxygens (including phenoxy) is 3. The number of esters is 1. The molecule has 2 atom stereocenters. The van der Waals surface area contributed by atoms with Gasteiger partial charge in [-0.3, -0.25) is 14.5 Å². The first-order valence-corrected chi connectivity index (χ1v) is 14.2. The molecule has 1 aliphatic rings. The van der Waals surface area contributed by atoms with E-state index in [1.807, 2.05) is 79.4 Å². The second-order valence-corrected chi connectivity index (χ2v) is 10.7. The zero-order chi connectivity index (χ0) is 28.9. The molecule has 1 aliphatic heterocycles. The first kappa shape index (κ1) is 28.4. The van der Waals surface area contributed by atoms with E-state index in [-0.39, 0.29) is 23.7 Å². The third-order valence-corrected chi connectivity index (χ3v) is 8.20. The van der Waals surface area contributed by atoms with Crippen molar-refractivity contribution in [3.63, 3.8) is 0 Å². The van der Waals surface area contributed by atoms with Crippen molar-refractivity contribution in [2.75, 3.05) is 53.6 Å². The first-order chi connectivity index (χ1) is 19.9. The van der Waals surface area contributed by atoms with Gasteiger partial charge in [-0.1, -0.05) is 48.5 Å². The van der Waals surface area contributed by atoms with Crippen LogP contribution in [0.1, 0.15) is 36.8 Å². The molecule has 1 amide bonds. The van der Waals surface area contributed by atoms with Crippen LogP contribution in [-0.4, -0.2) is 75.2 Å². The number of hydrogen-bond donors (Lipinski definition) is 0. The number of carbonyl (C=O) groups is 2. The van der Waals surface area contributed by atoms with Crippen LogP contribution in [0.4, 0.5) is 0 Å². The summed E-state index contributed by atoms with van der Waals surface area (Å²) in [6.45, 7) is 7.70. The molecule has 0 spiro atoms. The van der Waals surface area contributed by atoms with Gasteiger partial charge in [0.15, 0.2) is 0 Å². The van der Waals surface area contributed by atoms with Crippen molar-refractivity contribution in [1.82, 2.24) is 9.80 Å². The lowest BCUT2D eigenvalue weighted by molar-refractivity contribution is -0.145. The minimum absolute atomic E-state index is 0.145. The number of methoxy groups -OCH3 is 2. The van der Waals surface area contributed by atoms with E-state index < -0.39 is 0 Å². The van der Waals surface area contributed by atoms with Gasteiger partial charge in [0.25, 0.3) is 0 Å². The van der Waals surface area contributed by atoms with E-state index >= 15 is 0 Å². The van der Waals surface area contributed by atoms with Crippen molar-refractivity contribution >= 4 is 33.4 Å². The molecule has 0 radical (unpaired) electrons. The summed E-state index contributed by atoms with van der Waals surface area (Å²) in [5, 5.41) is 4.32. The molecule has 1 saturated heterocycles. The normalized spacial score (nSPS) is 15.5. The maximum atomic E-state index is 13.3. The van der Waals surface area contributed by atoms with Crippen LogP contribution >= 0.6 is 0 Å². The lowest BCUT2D eigenvalue weighted by Gasteiger charge is -2.36. The molecule has 41 heavy (non-hydrogen) atoms. The average Bonchev–Trinajstić information content (AvgIpc) is 3.02. The Morgan fingerprint density at radius 3 is 1.71 bits per heavy atom. The van der Waals surface area contributed by atoms with Crippen LogP contribution in [0, 0.1) is 0 Å². The molecule has 1 heterocycles. The van der Waals surface area contributed by atoms with Crippen LogP contribution in [0.5, 0.6) is 11.5 Å². The van der Waals surface area contributed by atoms with Crippen molar-refractivity contribution in [2.45, 2.75) is 25.7 Å². The molecule has 214 valence electrons. The van der Waals surface area contributed by atoms with Gasteiger partial charge in [0.05, 0.1) is 26.1 Å². The van der Waals surface area contributed by atoms with Crippen molar-refractivity contribution in [3.8, 4) is 11.5 Å². The quantitative estimate of drug-likeness (QED) is 0.251. The van der Waals surface area contributed by atoms with Crippen molar-refractivity contribution < 1.29 is 23.8 Å². The van der Waals surface area contributed by atoms with Crippen molar-refractivity contribution in [2.24, 2.45) is 0 Å². The van der Waals surface area contributed by atoms with E-state index in [1.54, 1.807) is 14.2 Å². The fraction of sp³-hybridized carbons (Fsp3) is 0.353. The maximum Gasteiger partial charge on any atom is 0.313 e. The third kappa shape index (κ3) is 6.46. The number of amides is 1. The zero-order valence-electron chi connectivity index (χ0n) is 24.3. The molecular weight excluding hydrogens is 516 g/mol.